The zero-order valence-electron chi connectivity index (χ0n) is 12.7. The van der Waals surface area contributed by atoms with Gasteiger partial charge >= 0.3 is 0 Å². The number of hydrogen-bond donors (Lipinski definition) is 1. The van der Waals surface area contributed by atoms with Crippen molar-refractivity contribution in [3.63, 3.8) is 0 Å². The highest BCUT2D eigenvalue weighted by molar-refractivity contribution is 6.36. The molecule has 0 aliphatic heterocycles. The van der Waals surface area contributed by atoms with Gasteiger partial charge < -0.3 is 4.74 Å². The molecule has 2 rings (SSSR count). The number of benzene rings is 2. The maximum Gasteiger partial charge on any atom is 0.277 e. The molecule has 24 heavy (non-hydrogen) atoms. The number of nitriles is 1. The fourth-order valence-corrected chi connectivity index (χ4v) is 2.27. The van der Waals surface area contributed by atoms with Gasteiger partial charge in [0.25, 0.3) is 5.91 Å². The Kier molecular flexibility index (Phi) is 6.19. The van der Waals surface area contributed by atoms with Crippen LogP contribution in [0.15, 0.2) is 47.6 Å². The van der Waals surface area contributed by atoms with Crippen LogP contribution >= 0.6 is 23.2 Å². The maximum absolute atomic E-state index is 11.8. The lowest BCUT2D eigenvalue weighted by atomic mass is 10.1. The summed E-state index contributed by atoms with van der Waals surface area (Å²) >= 11 is 12.0. The first kappa shape index (κ1) is 17.8. The van der Waals surface area contributed by atoms with Gasteiger partial charge in [0.1, 0.15) is 11.8 Å². The summed E-state index contributed by atoms with van der Waals surface area (Å²) in [7, 11) is 0. The van der Waals surface area contributed by atoms with Crippen molar-refractivity contribution in [2.45, 2.75) is 6.92 Å². The van der Waals surface area contributed by atoms with Gasteiger partial charge in [-0.25, -0.2) is 5.43 Å². The van der Waals surface area contributed by atoms with Gasteiger partial charge in [0.15, 0.2) is 6.61 Å². The molecule has 0 bridgehead atoms. The monoisotopic (exact) mass is 361 g/mol. The number of hydrazone groups is 1. The second kappa shape index (κ2) is 8.34. The minimum Gasteiger partial charge on any atom is -0.482 e. The third-order valence-corrected chi connectivity index (χ3v) is 3.60. The number of ether oxygens (including phenoxy) is 1. The van der Waals surface area contributed by atoms with Gasteiger partial charge in [-0.1, -0.05) is 35.3 Å². The molecule has 7 heteroatoms. The van der Waals surface area contributed by atoms with E-state index in [2.05, 4.69) is 10.5 Å². The Morgan fingerprint density at radius 2 is 2.04 bits per heavy atom. The van der Waals surface area contributed by atoms with Gasteiger partial charge in [-0.2, -0.15) is 10.4 Å². The molecule has 0 radical (unpaired) electrons. The molecule has 0 spiro atoms. The topological polar surface area (TPSA) is 74.5 Å². The van der Waals surface area contributed by atoms with Crippen LogP contribution in [0.5, 0.6) is 5.75 Å². The van der Waals surface area contributed by atoms with Crippen LogP contribution in [-0.4, -0.2) is 18.2 Å². The van der Waals surface area contributed by atoms with E-state index in [-0.39, 0.29) is 6.61 Å². The van der Waals surface area contributed by atoms with Crippen LogP contribution in [-0.2, 0) is 4.79 Å². The number of hydrogen-bond acceptors (Lipinski definition) is 4. The first-order chi connectivity index (χ1) is 11.5. The van der Waals surface area contributed by atoms with Crippen molar-refractivity contribution in [2.75, 3.05) is 6.61 Å². The molecule has 0 heterocycles. The highest BCUT2D eigenvalue weighted by atomic mass is 35.5. The Hall–Kier alpha value is -2.55. The number of amides is 1. The molecule has 0 aliphatic rings. The third-order valence-electron chi connectivity index (χ3n) is 3.03. The summed E-state index contributed by atoms with van der Waals surface area (Å²) in [6.45, 7) is 1.43. The molecule has 0 saturated carbocycles. The van der Waals surface area contributed by atoms with E-state index in [1.165, 1.54) is 0 Å². The molecule has 1 N–H and O–H groups in total. The number of carbonyl (C=O) groups is 1. The van der Waals surface area contributed by atoms with Crippen LogP contribution < -0.4 is 10.2 Å². The quantitative estimate of drug-likeness (QED) is 0.650. The molecule has 0 saturated heterocycles. The van der Waals surface area contributed by atoms with E-state index in [4.69, 9.17) is 33.2 Å². The van der Waals surface area contributed by atoms with E-state index in [1.54, 1.807) is 49.4 Å². The Labute approximate surface area is 149 Å². The summed E-state index contributed by atoms with van der Waals surface area (Å²) in [5.41, 5.74) is 3.86. The first-order valence-electron chi connectivity index (χ1n) is 6.91. The molecule has 0 aromatic heterocycles. The number of nitrogens with zero attached hydrogens (tertiary/aromatic N) is 2. The second-order valence-corrected chi connectivity index (χ2v) is 5.60. The van der Waals surface area contributed by atoms with Crippen molar-refractivity contribution in [1.82, 2.24) is 5.43 Å². The summed E-state index contributed by atoms with van der Waals surface area (Å²) in [6, 6.07) is 13.6. The molecule has 122 valence electrons. The lowest BCUT2D eigenvalue weighted by Crippen LogP contribution is -2.25. The first-order valence-corrected chi connectivity index (χ1v) is 7.67. The Morgan fingerprint density at radius 3 is 2.79 bits per heavy atom. The van der Waals surface area contributed by atoms with Crippen LogP contribution in [0.3, 0.4) is 0 Å². The number of rotatable bonds is 5. The lowest BCUT2D eigenvalue weighted by molar-refractivity contribution is -0.123. The molecule has 0 aliphatic carbocycles. The van der Waals surface area contributed by atoms with Crippen LogP contribution in [0.25, 0.3) is 0 Å². The molecule has 5 nitrogen and oxygen atoms in total. The van der Waals surface area contributed by atoms with Crippen molar-refractivity contribution in [2.24, 2.45) is 5.10 Å². The highest BCUT2D eigenvalue weighted by Gasteiger charge is 2.08. The predicted molar refractivity (Wildman–Crippen MR) is 93.5 cm³/mol. The SMILES string of the molecule is C/C(=N/NC(=O)COc1ccccc1C#N)c1cc(Cl)ccc1Cl. The van der Waals surface area contributed by atoms with Crippen LogP contribution in [0.2, 0.25) is 10.0 Å². The number of halogens is 2. The van der Waals surface area contributed by atoms with Crippen molar-refractivity contribution in [3.8, 4) is 11.8 Å². The summed E-state index contributed by atoms with van der Waals surface area (Å²) in [6.07, 6.45) is 0. The van der Waals surface area contributed by atoms with Gasteiger partial charge in [-0.05, 0) is 37.3 Å². The van der Waals surface area contributed by atoms with Crippen molar-refractivity contribution >= 4 is 34.8 Å². The number of carbonyl (C=O) groups excluding carboxylic acids is 1. The summed E-state index contributed by atoms with van der Waals surface area (Å²) in [4.78, 5) is 11.8. The second-order valence-electron chi connectivity index (χ2n) is 4.75. The average Bonchev–Trinajstić information content (AvgIpc) is 2.60. The van der Waals surface area contributed by atoms with Crippen molar-refractivity contribution < 1.29 is 9.53 Å². The standard InChI is InChI=1S/C17H13Cl2N3O2/c1-11(14-8-13(18)6-7-15(14)19)21-22-17(23)10-24-16-5-3-2-4-12(16)9-20/h2-8H,10H2,1H3,(H,22,23)/b21-11-. The zero-order valence-corrected chi connectivity index (χ0v) is 14.2. The van der Waals surface area contributed by atoms with E-state index >= 15 is 0 Å². The van der Waals surface area contributed by atoms with Gasteiger partial charge in [-0.3, -0.25) is 4.79 Å². The molecular weight excluding hydrogens is 349 g/mol. The number of para-hydroxylation sites is 1. The summed E-state index contributed by atoms with van der Waals surface area (Å²) in [5.74, 6) is -0.117. The van der Waals surface area contributed by atoms with E-state index in [0.717, 1.165) is 0 Å². The van der Waals surface area contributed by atoms with Gasteiger partial charge in [-0.15, -0.1) is 0 Å². The van der Waals surface area contributed by atoms with E-state index < -0.39 is 5.91 Å². The van der Waals surface area contributed by atoms with Gasteiger partial charge in [0, 0.05) is 15.6 Å². The Balaban J connectivity index is 1.97. The zero-order chi connectivity index (χ0) is 17.5. The van der Waals surface area contributed by atoms with E-state index in [1.807, 2.05) is 6.07 Å². The summed E-state index contributed by atoms with van der Waals surface area (Å²) < 4.78 is 5.32. The molecule has 1 amide bonds. The highest BCUT2D eigenvalue weighted by Crippen LogP contribution is 2.21. The van der Waals surface area contributed by atoms with Crippen LogP contribution in [0.4, 0.5) is 0 Å². The van der Waals surface area contributed by atoms with Crippen LogP contribution in [0.1, 0.15) is 18.1 Å². The molecule has 0 unspecified atom stereocenters. The molecule has 2 aromatic rings. The van der Waals surface area contributed by atoms with Crippen LogP contribution in [0, 0.1) is 11.3 Å². The molecule has 0 atom stereocenters. The largest absolute Gasteiger partial charge is 0.482 e. The average molecular weight is 362 g/mol. The normalized spacial score (nSPS) is 10.8. The van der Waals surface area contributed by atoms with Crippen molar-refractivity contribution in [3.05, 3.63) is 63.6 Å². The molecular formula is C17H13Cl2N3O2. The predicted octanol–water partition coefficient (Wildman–Crippen LogP) is 3.78. The van der Waals surface area contributed by atoms with Gasteiger partial charge in [0.2, 0.25) is 0 Å². The fourth-order valence-electron chi connectivity index (χ4n) is 1.84. The van der Waals surface area contributed by atoms with Crippen molar-refractivity contribution in [1.29, 1.82) is 5.26 Å². The fraction of sp³-hybridized carbons (Fsp3) is 0.118. The van der Waals surface area contributed by atoms with E-state index in [9.17, 15) is 4.79 Å². The third kappa shape index (κ3) is 4.72. The molecule has 0 fully saturated rings. The smallest absolute Gasteiger partial charge is 0.277 e. The minimum atomic E-state index is -0.458. The number of nitrogens with one attached hydrogen (secondary N) is 1. The van der Waals surface area contributed by atoms with Gasteiger partial charge in [0.05, 0.1) is 11.3 Å². The molecule has 2 aromatic carbocycles. The Morgan fingerprint density at radius 1 is 1.29 bits per heavy atom. The lowest BCUT2D eigenvalue weighted by Gasteiger charge is -2.07. The van der Waals surface area contributed by atoms with E-state index in [0.29, 0.717) is 32.6 Å². The summed E-state index contributed by atoms with van der Waals surface area (Å²) in [5, 5.41) is 13.9. The maximum atomic E-state index is 11.8. The Bertz CT molecular complexity index is 829. The minimum absolute atomic E-state index is 0.265.